The number of hydrogen-bond acceptors (Lipinski definition) is 5. The quantitative estimate of drug-likeness (QED) is 0.680. The molecule has 0 bridgehead atoms. The number of nitrogens with one attached hydrogen (secondary N) is 1. The molecule has 2 aromatic carbocycles. The molecule has 1 atom stereocenters. The molecule has 7 nitrogen and oxygen atoms in total. The van der Waals surface area contributed by atoms with Crippen molar-refractivity contribution in [1.29, 1.82) is 0 Å². The fourth-order valence-corrected chi connectivity index (χ4v) is 3.40. The summed E-state index contributed by atoms with van der Waals surface area (Å²) >= 11 is 0. The smallest absolute Gasteiger partial charge is 0.322 e. The van der Waals surface area contributed by atoms with Gasteiger partial charge in [-0.05, 0) is 50.5 Å². The van der Waals surface area contributed by atoms with Crippen LogP contribution < -0.4 is 10.1 Å². The number of rotatable bonds is 5. The lowest BCUT2D eigenvalue weighted by Gasteiger charge is -2.33. The van der Waals surface area contributed by atoms with E-state index >= 15 is 0 Å². The van der Waals surface area contributed by atoms with Crippen LogP contribution in [0.25, 0.3) is 0 Å². The predicted molar refractivity (Wildman–Crippen MR) is 109 cm³/mol. The molecule has 4 rings (SSSR count). The topological polar surface area (TPSA) is 80.5 Å². The van der Waals surface area contributed by atoms with Gasteiger partial charge in [0.1, 0.15) is 5.75 Å². The highest BCUT2D eigenvalue weighted by Gasteiger charge is 2.31. The van der Waals surface area contributed by atoms with E-state index in [2.05, 4.69) is 15.5 Å². The van der Waals surface area contributed by atoms with E-state index in [4.69, 9.17) is 9.26 Å². The van der Waals surface area contributed by atoms with Gasteiger partial charge in [-0.15, -0.1) is 0 Å². The number of likely N-dealkylation sites (tertiary alicyclic amines) is 1. The van der Waals surface area contributed by atoms with Crippen molar-refractivity contribution >= 4 is 11.7 Å². The van der Waals surface area contributed by atoms with E-state index in [1.807, 2.05) is 61.5 Å². The van der Waals surface area contributed by atoms with Crippen molar-refractivity contribution in [3.05, 3.63) is 71.9 Å². The van der Waals surface area contributed by atoms with Gasteiger partial charge in [-0.25, -0.2) is 4.79 Å². The zero-order valence-corrected chi connectivity index (χ0v) is 16.4. The summed E-state index contributed by atoms with van der Waals surface area (Å²) in [6, 6.07) is 16.9. The van der Waals surface area contributed by atoms with Gasteiger partial charge in [-0.2, -0.15) is 4.98 Å². The molecule has 1 aromatic heterocycles. The van der Waals surface area contributed by atoms with Crippen molar-refractivity contribution in [1.82, 2.24) is 15.0 Å². The SMILES string of the molecule is Cc1ccc(OCc2nc(C3CCCCN3C(=O)Nc3ccccc3)no2)cc1. The molecule has 1 N–H and O–H groups in total. The number of carbonyl (C=O) groups excluding carboxylic acids is 1. The molecular formula is C22H24N4O3. The van der Waals surface area contributed by atoms with Crippen LogP contribution in [0.1, 0.15) is 42.6 Å². The van der Waals surface area contributed by atoms with Crippen molar-refractivity contribution in [2.24, 2.45) is 0 Å². The average Bonchev–Trinajstić information content (AvgIpc) is 3.23. The van der Waals surface area contributed by atoms with Crippen LogP contribution >= 0.6 is 0 Å². The lowest BCUT2D eigenvalue weighted by atomic mass is 10.0. The molecule has 1 fully saturated rings. The average molecular weight is 392 g/mol. The summed E-state index contributed by atoms with van der Waals surface area (Å²) in [6.07, 6.45) is 2.78. The molecule has 29 heavy (non-hydrogen) atoms. The number of anilines is 1. The second-order valence-electron chi connectivity index (χ2n) is 7.15. The van der Waals surface area contributed by atoms with Crippen LogP contribution in [0, 0.1) is 6.92 Å². The third-order valence-electron chi connectivity index (χ3n) is 4.95. The standard InChI is InChI=1S/C22H24N4O3/c1-16-10-12-18(13-11-16)28-15-20-24-21(25-29-20)19-9-5-6-14-26(19)22(27)23-17-7-3-2-4-8-17/h2-4,7-8,10-13,19H,5-6,9,14-15H2,1H3,(H,23,27). The van der Waals surface area contributed by atoms with Crippen LogP contribution in [0.15, 0.2) is 59.1 Å². The fourth-order valence-electron chi connectivity index (χ4n) is 3.40. The Hall–Kier alpha value is -3.35. The maximum Gasteiger partial charge on any atom is 0.322 e. The van der Waals surface area contributed by atoms with Gasteiger partial charge >= 0.3 is 6.03 Å². The number of nitrogens with zero attached hydrogens (tertiary/aromatic N) is 3. The zero-order valence-electron chi connectivity index (χ0n) is 16.4. The molecule has 2 amide bonds. The monoisotopic (exact) mass is 392 g/mol. The first kappa shape index (κ1) is 19.0. The summed E-state index contributed by atoms with van der Waals surface area (Å²) in [5, 5.41) is 7.06. The number of para-hydroxylation sites is 1. The van der Waals surface area contributed by atoms with Crippen molar-refractivity contribution in [2.75, 3.05) is 11.9 Å². The van der Waals surface area contributed by atoms with Gasteiger partial charge in [0.2, 0.25) is 0 Å². The zero-order chi connectivity index (χ0) is 20.1. The number of aryl methyl sites for hydroxylation is 1. The molecule has 3 aromatic rings. The van der Waals surface area contributed by atoms with Crippen LogP contribution in [0.2, 0.25) is 0 Å². The Morgan fingerprint density at radius 2 is 1.97 bits per heavy atom. The Morgan fingerprint density at radius 1 is 1.17 bits per heavy atom. The Kier molecular flexibility index (Phi) is 5.74. The maximum absolute atomic E-state index is 12.8. The first-order valence-corrected chi connectivity index (χ1v) is 9.84. The van der Waals surface area contributed by atoms with Gasteiger partial charge in [0.15, 0.2) is 12.4 Å². The lowest BCUT2D eigenvalue weighted by Crippen LogP contribution is -2.41. The van der Waals surface area contributed by atoms with Crippen LogP contribution in [-0.4, -0.2) is 27.6 Å². The van der Waals surface area contributed by atoms with E-state index in [0.717, 1.165) is 30.7 Å². The van der Waals surface area contributed by atoms with Crippen LogP contribution in [-0.2, 0) is 6.61 Å². The molecule has 0 aliphatic carbocycles. The van der Waals surface area contributed by atoms with Gasteiger partial charge in [0, 0.05) is 12.2 Å². The largest absolute Gasteiger partial charge is 0.484 e. The Balaban J connectivity index is 1.41. The first-order valence-electron chi connectivity index (χ1n) is 9.84. The summed E-state index contributed by atoms with van der Waals surface area (Å²) in [4.78, 5) is 19.1. The minimum Gasteiger partial charge on any atom is -0.484 e. The van der Waals surface area contributed by atoms with Crippen molar-refractivity contribution in [2.45, 2.75) is 38.8 Å². The Bertz CT molecular complexity index is 940. The number of benzene rings is 2. The highest BCUT2D eigenvalue weighted by Crippen LogP contribution is 2.30. The minimum absolute atomic E-state index is 0.150. The van der Waals surface area contributed by atoms with E-state index in [-0.39, 0.29) is 18.7 Å². The minimum atomic E-state index is -0.204. The first-order chi connectivity index (χ1) is 14.2. The van der Waals surface area contributed by atoms with Gasteiger partial charge in [0.05, 0.1) is 6.04 Å². The molecule has 1 saturated heterocycles. The number of hydrogen-bond donors (Lipinski definition) is 1. The molecule has 0 spiro atoms. The van der Waals surface area contributed by atoms with E-state index in [1.165, 1.54) is 5.56 Å². The second-order valence-corrected chi connectivity index (χ2v) is 7.15. The molecule has 0 radical (unpaired) electrons. The van der Waals surface area contributed by atoms with Gasteiger partial charge < -0.3 is 19.5 Å². The number of urea groups is 1. The Labute approximate surface area is 169 Å². The highest BCUT2D eigenvalue weighted by molar-refractivity contribution is 5.89. The van der Waals surface area contributed by atoms with Crippen LogP contribution in [0.5, 0.6) is 5.75 Å². The maximum atomic E-state index is 12.8. The highest BCUT2D eigenvalue weighted by atomic mass is 16.5. The number of aromatic nitrogens is 2. The molecule has 7 heteroatoms. The molecule has 2 heterocycles. The van der Waals surface area contributed by atoms with Gasteiger partial charge in [0.25, 0.3) is 5.89 Å². The van der Waals surface area contributed by atoms with E-state index in [1.54, 1.807) is 4.90 Å². The van der Waals surface area contributed by atoms with Gasteiger partial charge in [-0.1, -0.05) is 41.1 Å². The van der Waals surface area contributed by atoms with E-state index < -0.39 is 0 Å². The van der Waals surface area contributed by atoms with Crippen LogP contribution in [0.4, 0.5) is 10.5 Å². The van der Waals surface area contributed by atoms with Crippen molar-refractivity contribution < 1.29 is 14.1 Å². The molecular weight excluding hydrogens is 368 g/mol. The number of amides is 2. The van der Waals surface area contributed by atoms with Gasteiger partial charge in [-0.3, -0.25) is 0 Å². The molecule has 1 aliphatic heterocycles. The summed E-state index contributed by atoms with van der Waals surface area (Å²) in [5.41, 5.74) is 1.94. The summed E-state index contributed by atoms with van der Waals surface area (Å²) in [6.45, 7) is 2.88. The summed E-state index contributed by atoms with van der Waals surface area (Å²) in [7, 11) is 0. The number of piperidine rings is 1. The molecule has 0 saturated carbocycles. The third-order valence-corrected chi connectivity index (χ3v) is 4.95. The molecule has 150 valence electrons. The van der Waals surface area contributed by atoms with Crippen molar-refractivity contribution in [3.63, 3.8) is 0 Å². The summed E-state index contributed by atoms with van der Waals surface area (Å²) < 4.78 is 11.1. The third kappa shape index (κ3) is 4.74. The lowest BCUT2D eigenvalue weighted by molar-refractivity contribution is 0.157. The normalized spacial score (nSPS) is 16.4. The Morgan fingerprint density at radius 3 is 2.76 bits per heavy atom. The van der Waals surface area contributed by atoms with Crippen molar-refractivity contribution in [3.8, 4) is 5.75 Å². The number of ether oxygens (including phenoxy) is 1. The predicted octanol–water partition coefficient (Wildman–Crippen LogP) is 4.72. The molecule has 1 unspecified atom stereocenters. The number of carbonyl (C=O) groups is 1. The second kappa shape index (κ2) is 8.77. The van der Waals surface area contributed by atoms with E-state index in [0.29, 0.717) is 18.3 Å². The summed E-state index contributed by atoms with van der Waals surface area (Å²) in [5.74, 6) is 1.67. The molecule has 1 aliphatic rings. The fraction of sp³-hybridized carbons (Fsp3) is 0.318. The van der Waals surface area contributed by atoms with E-state index in [9.17, 15) is 4.79 Å². The van der Waals surface area contributed by atoms with Crippen LogP contribution in [0.3, 0.4) is 0 Å².